The third-order valence-corrected chi connectivity index (χ3v) is 3.20. The van der Waals surface area contributed by atoms with Crippen molar-refractivity contribution in [3.63, 3.8) is 0 Å². The van der Waals surface area contributed by atoms with Crippen LogP contribution in [0, 0.1) is 5.41 Å². The van der Waals surface area contributed by atoms with E-state index in [-0.39, 0.29) is 0 Å². The van der Waals surface area contributed by atoms with Gasteiger partial charge in [-0.15, -0.1) is 0 Å². The van der Waals surface area contributed by atoms with Gasteiger partial charge < -0.3 is 0 Å². The molecule has 62 valence electrons. The monoisotopic (exact) mass is 160 g/mol. The second-order valence-electron chi connectivity index (χ2n) is 3.32. The molecule has 1 heterocycles. The predicted molar refractivity (Wildman–Crippen MR) is 51.7 cm³/mol. The number of rotatable bonds is 0. The molecule has 1 fully saturated rings. The smallest absolute Gasteiger partial charge is 0.00161 e. The van der Waals surface area contributed by atoms with E-state index in [4.69, 9.17) is 0 Å². The maximum absolute atomic E-state index is 2.36. The van der Waals surface area contributed by atoms with Crippen molar-refractivity contribution >= 4 is 11.8 Å². The van der Waals surface area contributed by atoms with Crippen LogP contribution in [0.4, 0.5) is 0 Å². The van der Waals surface area contributed by atoms with Crippen molar-refractivity contribution in [3.05, 3.63) is 0 Å². The summed E-state index contributed by atoms with van der Waals surface area (Å²) in [5, 5.41) is 0. The highest BCUT2D eigenvalue weighted by atomic mass is 32.2. The molecule has 0 radical (unpaired) electrons. The quantitative estimate of drug-likeness (QED) is 0.522. The standard InChI is InChI=1S/C7H14S.C2H6/c1-7(2)4-3-5-8-6-7;1-2/h3-6H2,1-2H3;1-2H3. The minimum absolute atomic E-state index is 0.642. The fraction of sp³-hybridized carbons (Fsp3) is 1.00. The summed E-state index contributed by atoms with van der Waals surface area (Å²) in [6.45, 7) is 8.72. The maximum Gasteiger partial charge on any atom is -0.00161 e. The predicted octanol–water partition coefficient (Wildman–Crippen LogP) is 3.57. The summed E-state index contributed by atoms with van der Waals surface area (Å²) in [4.78, 5) is 0. The summed E-state index contributed by atoms with van der Waals surface area (Å²) in [6, 6.07) is 0. The molecular weight excluding hydrogens is 140 g/mol. The summed E-state index contributed by atoms with van der Waals surface area (Å²) in [7, 11) is 0. The minimum Gasteiger partial charge on any atom is -0.161 e. The molecule has 0 bridgehead atoms. The van der Waals surface area contributed by atoms with Gasteiger partial charge in [-0.25, -0.2) is 0 Å². The molecule has 0 aliphatic carbocycles. The number of hydrogen-bond donors (Lipinski definition) is 0. The lowest BCUT2D eigenvalue weighted by molar-refractivity contribution is 0.374. The van der Waals surface area contributed by atoms with Gasteiger partial charge in [-0.3, -0.25) is 0 Å². The van der Waals surface area contributed by atoms with Crippen molar-refractivity contribution in [1.82, 2.24) is 0 Å². The molecule has 0 aromatic heterocycles. The molecule has 0 aromatic rings. The lowest BCUT2D eigenvalue weighted by Gasteiger charge is -2.28. The molecule has 1 saturated heterocycles. The lowest BCUT2D eigenvalue weighted by Crippen LogP contribution is -2.19. The molecule has 0 unspecified atom stereocenters. The van der Waals surface area contributed by atoms with Gasteiger partial charge in [-0.05, 0) is 29.8 Å². The molecule has 0 saturated carbocycles. The largest absolute Gasteiger partial charge is 0.161 e. The Hall–Kier alpha value is 0.350. The molecule has 1 aliphatic rings. The van der Waals surface area contributed by atoms with Crippen LogP contribution in [-0.4, -0.2) is 11.5 Å². The SMILES string of the molecule is CC.CC1(C)CCCSC1. The molecular formula is C9H20S. The van der Waals surface area contributed by atoms with Crippen LogP contribution in [0.1, 0.15) is 40.5 Å². The Labute approximate surface area is 69.8 Å². The van der Waals surface area contributed by atoms with E-state index in [0.29, 0.717) is 5.41 Å². The van der Waals surface area contributed by atoms with Crippen molar-refractivity contribution in [3.8, 4) is 0 Å². The average Bonchev–Trinajstić information content (AvgIpc) is 1.92. The molecule has 1 rings (SSSR count). The van der Waals surface area contributed by atoms with Crippen molar-refractivity contribution in [2.75, 3.05) is 11.5 Å². The van der Waals surface area contributed by atoms with Crippen molar-refractivity contribution in [2.45, 2.75) is 40.5 Å². The van der Waals surface area contributed by atoms with Gasteiger partial charge in [0.15, 0.2) is 0 Å². The molecule has 1 aliphatic heterocycles. The van der Waals surface area contributed by atoms with E-state index in [0.717, 1.165) is 0 Å². The zero-order valence-corrected chi connectivity index (χ0v) is 8.55. The van der Waals surface area contributed by atoms with Gasteiger partial charge >= 0.3 is 0 Å². The average molecular weight is 160 g/mol. The number of hydrogen-bond acceptors (Lipinski definition) is 1. The topological polar surface area (TPSA) is 0 Å². The summed E-state index contributed by atoms with van der Waals surface area (Å²) < 4.78 is 0. The Morgan fingerprint density at radius 3 is 2.00 bits per heavy atom. The number of thioether (sulfide) groups is 1. The van der Waals surface area contributed by atoms with Gasteiger partial charge in [0.25, 0.3) is 0 Å². The van der Waals surface area contributed by atoms with E-state index in [2.05, 4.69) is 25.6 Å². The van der Waals surface area contributed by atoms with E-state index in [1.54, 1.807) is 0 Å². The maximum atomic E-state index is 2.36. The Balaban J connectivity index is 0.000000371. The second kappa shape index (κ2) is 5.06. The van der Waals surface area contributed by atoms with Crippen LogP contribution in [0.5, 0.6) is 0 Å². The van der Waals surface area contributed by atoms with E-state index in [1.165, 1.54) is 24.3 Å². The van der Waals surface area contributed by atoms with Crippen LogP contribution in [-0.2, 0) is 0 Å². The van der Waals surface area contributed by atoms with Crippen molar-refractivity contribution < 1.29 is 0 Å². The first-order valence-corrected chi connectivity index (χ1v) is 5.44. The highest BCUT2D eigenvalue weighted by Gasteiger charge is 2.20. The molecule has 1 heteroatoms. The molecule has 0 nitrogen and oxygen atoms in total. The fourth-order valence-corrected chi connectivity index (χ4v) is 2.26. The van der Waals surface area contributed by atoms with Crippen LogP contribution < -0.4 is 0 Å². The first kappa shape index (κ1) is 10.3. The molecule has 0 spiro atoms. The highest BCUT2D eigenvalue weighted by Crippen LogP contribution is 2.32. The zero-order chi connectivity index (χ0) is 8.04. The zero-order valence-electron chi connectivity index (χ0n) is 7.74. The third-order valence-electron chi connectivity index (χ3n) is 1.64. The van der Waals surface area contributed by atoms with Crippen LogP contribution in [0.15, 0.2) is 0 Å². The molecule has 0 aromatic carbocycles. The molecule has 0 atom stereocenters. The fourth-order valence-electron chi connectivity index (χ4n) is 1.07. The van der Waals surface area contributed by atoms with E-state index < -0.39 is 0 Å². The molecule has 0 N–H and O–H groups in total. The Bertz CT molecular complexity index is 68.8. The van der Waals surface area contributed by atoms with Gasteiger partial charge in [-0.2, -0.15) is 11.8 Å². The first-order valence-electron chi connectivity index (χ1n) is 4.28. The Morgan fingerprint density at radius 1 is 1.20 bits per heavy atom. The van der Waals surface area contributed by atoms with Gasteiger partial charge in [0.2, 0.25) is 0 Å². The Morgan fingerprint density at radius 2 is 1.80 bits per heavy atom. The van der Waals surface area contributed by atoms with Gasteiger partial charge in [0.05, 0.1) is 0 Å². The van der Waals surface area contributed by atoms with Crippen LogP contribution in [0.2, 0.25) is 0 Å². The molecule has 10 heavy (non-hydrogen) atoms. The van der Waals surface area contributed by atoms with E-state index in [1.807, 2.05) is 13.8 Å². The summed E-state index contributed by atoms with van der Waals surface area (Å²) >= 11 is 2.10. The first-order chi connectivity index (χ1) is 4.71. The summed E-state index contributed by atoms with van der Waals surface area (Å²) in [5.41, 5.74) is 0.642. The lowest BCUT2D eigenvalue weighted by atomic mass is 9.90. The van der Waals surface area contributed by atoms with Crippen molar-refractivity contribution in [2.24, 2.45) is 5.41 Å². The normalized spacial score (nSPS) is 22.8. The highest BCUT2D eigenvalue weighted by molar-refractivity contribution is 7.99. The van der Waals surface area contributed by atoms with Crippen LogP contribution in [0.3, 0.4) is 0 Å². The summed E-state index contributed by atoms with van der Waals surface area (Å²) in [5.74, 6) is 2.76. The minimum atomic E-state index is 0.642. The van der Waals surface area contributed by atoms with Gasteiger partial charge in [-0.1, -0.05) is 27.7 Å². The van der Waals surface area contributed by atoms with Gasteiger partial charge in [0.1, 0.15) is 0 Å². The summed E-state index contributed by atoms with van der Waals surface area (Å²) in [6.07, 6.45) is 2.86. The van der Waals surface area contributed by atoms with E-state index in [9.17, 15) is 0 Å². The second-order valence-corrected chi connectivity index (χ2v) is 4.43. The molecule has 0 amide bonds. The third kappa shape index (κ3) is 4.21. The van der Waals surface area contributed by atoms with Gasteiger partial charge in [0, 0.05) is 0 Å². The Kier molecular flexibility index (Phi) is 5.24. The van der Waals surface area contributed by atoms with Crippen LogP contribution >= 0.6 is 11.8 Å². The van der Waals surface area contributed by atoms with E-state index >= 15 is 0 Å². The van der Waals surface area contributed by atoms with Crippen molar-refractivity contribution in [1.29, 1.82) is 0 Å². The van der Waals surface area contributed by atoms with Crippen LogP contribution in [0.25, 0.3) is 0 Å².